The number of piperidine rings is 1. The molecule has 2 aromatic carbocycles. The highest BCUT2D eigenvalue weighted by molar-refractivity contribution is 5.38. The molecule has 0 unspecified atom stereocenters. The summed E-state index contributed by atoms with van der Waals surface area (Å²) in [4.78, 5) is 2.30. The standard InChI is InChI=1S/C22H27NO3/c1-16-6-8-17(9-7-16)20(25)15-23-12-10-22(11-13-23)14-19(24)18-4-2-3-5-21(18)26-22/h2-9,19-20,24-25H,10-15H2,1H3/t19-,20-/m1/s1. The van der Waals surface area contributed by atoms with Crippen molar-refractivity contribution in [2.24, 2.45) is 0 Å². The van der Waals surface area contributed by atoms with E-state index in [9.17, 15) is 10.2 Å². The van der Waals surface area contributed by atoms with Crippen molar-refractivity contribution >= 4 is 0 Å². The molecule has 2 aliphatic rings. The molecule has 0 saturated carbocycles. The van der Waals surface area contributed by atoms with Crippen molar-refractivity contribution < 1.29 is 14.9 Å². The number of para-hydroxylation sites is 1. The number of rotatable bonds is 3. The maximum atomic E-state index is 10.5. The molecule has 2 atom stereocenters. The van der Waals surface area contributed by atoms with Crippen LogP contribution in [0.5, 0.6) is 5.75 Å². The van der Waals surface area contributed by atoms with Crippen molar-refractivity contribution in [2.45, 2.75) is 44.0 Å². The number of hydrogen-bond acceptors (Lipinski definition) is 4. The molecule has 4 heteroatoms. The Morgan fingerprint density at radius 2 is 1.81 bits per heavy atom. The van der Waals surface area contributed by atoms with E-state index in [2.05, 4.69) is 11.8 Å². The van der Waals surface area contributed by atoms with Crippen LogP contribution in [0.15, 0.2) is 48.5 Å². The first kappa shape index (κ1) is 17.5. The van der Waals surface area contributed by atoms with Crippen LogP contribution in [0.4, 0.5) is 0 Å². The van der Waals surface area contributed by atoms with Crippen LogP contribution in [0.3, 0.4) is 0 Å². The Morgan fingerprint density at radius 1 is 1.12 bits per heavy atom. The van der Waals surface area contributed by atoms with Crippen molar-refractivity contribution in [1.82, 2.24) is 4.90 Å². The fraction of sp³-hybridized carbons (Fsp3) is 0.455. The minimum Gasteiger partial charge on any atom is -0.487 e. The molecule has 0 radical (unpaired) electrons. The molecular formula is C22H27NO3. The molecule has 2 N–H and O–H groups in total. The van der Waals surface area contributed by atoms with E-state index in [4.69, 9.17) is 4.74 Å². The second-order valence-electron chi connectivity index (χ2n) is 7.77. The van der Waals surface area contributed by atoms with Crippen LogP contribution in [-0.2, 0) is 0 Å². The van der Waals surface area contributed by atoms with Gasteiger partial charge in [0.15, 0.2) is 0 Å². The average molecular weight is 353 g/mol. The van der Waals surface area contributed by atoms with Crippen LogP contribution >= 0.6 is 0 Å². The smallest absolute Gasteiger partial charge is 0.125 e. The van der Waals surface area contributed by atoms with Gasteiger partial charge in [-0.3, -0.25) is 0 Å². The zero-order valence-electron chi connectivity index (χ0n) is 15.3. The molecule has 2 aliphatic heterocycles. The summed E-state index contributed by atoms with van der Waals surface area (Å²) >= 11 is 0. The summed E-state index contributed by atoms with van der Waals surface area (Å²) in [5, 5.41) is 21.1. The molecule has 4 nitrogen and oxygen atoms in total. The zero-order valence-corrected chi connectivity index (χ0v) is 15.3. The monoisotopic (exact) mass is 353 g/mol. The van der Waals surface area contributed by atoms with Crippen molar-refractivity contribution in [3.05, 3.63) is 65.2 Å². The topological polar surface area (TPSA) is 52.9 Å². The molecule has 26 heavy (non-hydrogen) atoms. The Bertz CT molecular complexity index is 750. The molecule has 1 fully saturated rings. The van der Waals surface area contributed by atoms with Gasteiger partial charge in [0.1, 0.15) is 11.4 Å². The highest BCUT2D eigenvalue weighted by Gasteiger charge is 2.42. The number of aliphatic hydroxyl groups is 2. The Balaban J connectivity index is 1.38. The molecule has 1 spiro atoms. The van der Waals surface area contributed by atoms with Gasteiger partial charge in [0.25, 0.3) is 0 Å². The summed E-state index contributed by atoms with van der Waals surface area (Å²) in [6.45, 7) is 4.44. The first-order valence-electron chi connectivity index (χ1n) is 9.48. The minimum atomic E-state index is -0.469. The number of fused-ring (bicyclic) bond motifs is 1. The van der Waals surface area contributed by atoms with E-state index >= 15 is 0 Å². The van der Waals surface area contributed by atoms with E-state index in [0.29, 0.717) is 13.0 Å². The third kappa shape index (κ3) is 3.50. The SMILES string of the molecule is Cc1ccc([C@H](O)CN2CCC3(CC2)C[C@@H](O)c2ccccc2O3)cc1. The Labute approximate surface area is 155 Å². The zero-order chi connectivity index (χ0) is 18.1. The van der Waals surface area contributed by atoms with Gasteiger partial charge >= 0.3 is 0 Å². The van der Waals surface area contributed by atoms with Gasteiger partial charge < -0.3 is 19.8 Å². The molecule has 0 aliphatic carbocycles. The second kappa shape index (κ2) is 7.03. The molecule has 2 heterocycles. The van der Waals surface area contributed by atoms with Crippen molar-refractivity contribution in [3.63, 3.8) is 0 Å². The van der Waals surface area contributed by atoms with Crippen LogP contribution in [0.25, 0.3) is 0 Å². The summed E-state index contributed by atoms with van der Waals surface area (Å²) in [7, 11) is 0. The van der Waals surface area contributed by atoms with Crippen LogP contribution in [0.2, 0.25) is 0 Å². The van der Waals surface area contributed by atoms with Crippen LogP contribution in [-0.4, -0.2) is 40.3 Å². The minimum absolute atomic E-state index is 0.279. The summed E-state index contributed by atoms with van der Waals surface area (Å²) in [6, 6.07) is 15.9. The quantitative estimate of drug-likeness (QED) is 0.888. The van der Waals surface area contributed by atoms with Gasteiger partial charge in [0.05, 0.1) is 12.2 Å². The predicted octanol–water partition coefficient (Wildman–Crippen LogP) is 3.38. The number of hydrogen-bond donors (Lipinski definition) is 2. The van der Waals surface area contributed by atoms with Crippen LogP contribution in [0, 0.1) is 6.92 Å². The van der Waals surface area contributed by atoms with Gasteiger partial charge in [0.2, 0.25) is 0 Å². The normalized spacial score (nSPS) is 23.3. The lowest BCUT2D eigenvalue weighted by atomic mass is 9.81. The number of β-amino-alcohol motifs (C(OH)–C–C–N with tert-alkyl or cyclic N) is 1. The van der Waals surface area contributed by atoms with Crippen molar-refractivity contribution in [3.8, 4) is 5.75 Å². The maximum absolute atomic E-state index is 10.5. The van der Waals surface area contributed by atoms with Crippen LogP contribution in [0.1, 0.15) is 48.2 Å². The molecule has 0 bridgehead atoms. The van der Waals surface area contributed by atoms with E-state index in [0.717, 1.165) is 42.8 Å². The fourth-order valence-corrected chi connectivity index (χ4v) is 4.17. The van der Waals surface area contributed by atoms with E-state index in [1.807, 2.05) is 48.5 Å². The Kier molecular flexibility index (Phi) is 4.74. The van der Waals surface area contributed by atoms with Gasteiger partial charge in [-0.05, 0) is 31.4 Å². The Hall–Kier alpha value is -1.88. The largest absolute Gasteiger partial charge is 0.487 e. The predicted molar refractivity (Wildman–Crippen MR) is 101 cm³/mol. The third-order valence-electron chi connectivity index (χ3n) is 5.83. The van der Waals surface area contributed by atoms with E-state index in [1.165, 1.54) is 5.56 Å². The molecule has 1 saturated heterocycles. The highest BCUT2D eigenvalue weighted by Crippen LogP contribution is 2.44. The lowest BCUT2D eigenvalue weighted by Gasteiger charge is -2.46. The van der Waals surface area contributed by atoms with Gasteiger partial charge in [-0.25, -0.2) is 0 Å². The van der Waals surface area contributed by atoms with Crippen LogP contribution < -0.4 is 4.74 Å². The van der Waals surface area contributed by atoms with E-state index in [1.54, 1.807) is 0 Å². The molecular weight excluding hydrogens is 326 g/mol. The number of benzene rings is 2. The van der Waals surface area contributed by atoms with E-state index in [-0.39, 0.29) is 5.60 Å². The highest BCUT2D eigenvalue weighted by atomic mass is 16.5. The maximum Gasteiger partial charge on any atom is 0.125 e. The van der Waals surface area contributed by atoms with Crippen molar-refractivity contribution in [2.75, 3.05) is 19.6 Å². The molecule has 2 aromatic rings. The van der Waals surface area contributed by atoms with E-state index < -0.39 is 12.2 Å². The lowest BCUT2D eigenvalue weighted by molar-refractivity contribution is -0.0587. The summed E-state index contributed by atoms with van der Waals surface area (Å²) in [6.07, 6.45) is 1.48. The van der Waals surface area contributed by atoms with Crippen molar-refractivity contribution in [1.29, 1.82) is 0 Å². The molecule has 138 valence electrons. The lowest BCUT2D eigenvalue weighted by Crippen LogP contribution is -2.51. The Morgan fingerprint density at radius 3 is 2.54 bits per heavy atom. The van der Waals surface area contributed by atoms with Gasteiger partial charge in [-0.15, -0.1) is 0 Å². The second-order valence-corrected chi connectivity index (χ2v) is 7.77. The first-order chi connectivity index (χ1) is 12.5. The molecule has 0 aromatic heterocycles. The third-order valence-corrected chi connectivity index (χ3v) is 5.83. The first-order valence-corrected chi connectivity index (χ1v) is 9.48. The van der Waals surface area contributed by atoms with Gasteiger partial charge in [-0.2, -0.15) is 0 Å². The summed E-state index contributed by atoms with van der Waals surface area (Å²) in [5.74, 6) is 0.819. The number of aryl methyl sites for hydroxylation is 1. The summed E-state index contributed by atoms with van der Waals surface area (Å²) in [5.41, 5.74) is 2.79. The number of likely N-dealkylation sites (tertiary alicyclic amines) is 1. The number of ether oxygens (including phenoxy) is 1. The fourth-order valence-electron chi connectivity index (χ4n) is 4.17. The number of aliphatic hydroxyl groups excluding tert-OH is 2. The average Bonchev–Trinajstić information content (AvgIpc) is 2.64. The summed E-state index contributed by atoms with van der Waals surface area (Å²) < 4.78 is 6.33. The van der Waals surface area contributed by atoms with Gasteiger partial charge in [0, 0.05) is 31.6 Å². The molecule has 0 amide bonds. The van der Waals surface area contributed by atoms with Gasteiger partial charge in [-0.1, -0.05) is 48.0 Å². The molecule has 4 rings (SSSR count). The number of nitrogens with zero attached hydrogens (tertiary/aromatic N) is 1.